The van der Waals surface area contributed by atoms with Crippen molar-refractivity contribution < 1.29 is 9.21 Å². The van der Waals surface area contributed by atoms with Crippen LogP contribution in [-0.4, -0.2) is 12.5 Å². The Morgan fingerprint density at radius 2 is 1.95 bits per heavy atom. The van der Waals surface area contributed by atoms with Gasteiger partial charge < -0.3 is 9.73 Å². The minimum Gasteiger partial charge on any atom is -0.465 e. The van der Waals surface area contributed by atoms with Crippen molar-refractivity contribution in [2.45, 2.75) is 19.9 Å². The Bertz CT molecular complexity index is 578. The van der Waals surface area contributed by atoms with E-state index in [0.717, 1.165) is 21.7 Å². The fraction of sp³-hybridized carbons (Fsp3) is 0.267. The zero-order valence-corrected chi connectivity index (χ0v) is 13.0. The van der Waals surface area contributed by atoms with E-state index >= 15 is 0 Å². The first kappa shape index (κ1) is 14.8. The highest BCUT2D eigenvalue weighted by molar-refractivity contribution is 9.10. The van der Waals surface area contributed by atoms with Gasteiger partial charge in [-0.05, 0) is 50.2 Å². The summed E-state index contributed by atoms with van der Waals surface area (Å²) in [5.74, 6) is 1.62. The first-order valence-electron chi connectivity index (χ1n) is 6.40. The van der Waals surface area contributed by atoms with E-state index in [0.29, 0.717) is 0 Å². The zero-order valence-electron chi connectivity index (χ0n) is 11.4. The van der Waals surface area contributed by atoms with Crippen molar-refractivity contribution >= 4 is 27.5 Å². The molecule has 106 valence electrons. The molecular formula is C15H17BrN2O2. The monoisotopic (exact) mass is 336 g/mol. The molecule has 5 heteroatoms. The number of nitrogens with one attached hydrogen (secondary N) is 2. The summed E-state index contributed by atoms with van der Waals surface area (Å²) in [5.41, 5.74) is 0.779. The molecule has 1 heterocycles. The minimum atomic E-state index is -0.0811. The number of halogens is 1. The van der Waals surface area contributed by atoms with Gasteiger partial charge in [0.15, 0.2) is 0 Å². The van der Waals surface area contributed by atoms with Crippen LogP contribution in [0.15, 0.2) is 45.3 Å². The van der Waals surface area contributed by atoms with Crippen molar-refractivity contribution in [3.8, 4) is 0 Å². The van der Waals surface area contributed by atoms with Crippen LogP contribution in [0, 0.1) is 6.92 Å². The molecule has 20 heavy (non-hydrogen) atoms. The summed E-state index contributed by atoms with van der Waals surface area (Å²) >= 11 is 3.35. The lowest BCUT2D eigenvalue weighted by Gasteiger charge is -2.11. The molecule has 0 saturated heterocycles. The van der Waals surface area contributed by atoms with Crippen molar-refractivity contribution in [1.29, 1.82) is 0 Å². The Morgan fingerprint density at radius 3 is 2.55 bits per heavy atom. The average Bonchev–Trinajstić information content (AvgIpc) is 2.85. The standard InChI is InChI=1S/C15H17BrN2O2/c1-10-3-8-14(20-10)11(2)17-9-15(19)18-13-6-4-12(16)5-7-13/h3-8,11,17H,9H2,1-2H3,(H,18,19). The van der Waals surface area contributed by atoms with Crippen LogP contribution in [-0.2, 0) is 4.79 Å². The van der Waals surface area contributed by atoms with Crippen LogP contribution in [0.5, 0.6) is 0 Å². The number of hydrogen-bond acceptors (Lipinski definition) is 3. The normalized spacial score (nSPS) is 12.2. The van der Waals surface area contributed by atoms with Gasteiger partial charge in [0.25, 0.3) is 0 Å². The van der Waals surface area contributed by atoms with Gasteiger partial charge in [-0.15, -0.1) is 0 Å². The van der Waals surface area contributed by atoms with E-state index in [4.69, 9.17) is 4.42 Å². The van der Waals surface area contributed by atoms with Gasteiger partial charge in [-0.2, -0.15) is 0 Å². The Labute approximate surface area is 126 Å². The smallest absolute Gasteiger partial charge is 0.238 e. The number of carbonyl (C=O) groups is 1. The van der Waals surface area contributed by atoms with Crippen molar-refractivity contribution in [1.82, 2.24) is 5.32 Å². The summed E-state index contributed by atoms with van der Waals surface area (Å²) in [6.45, 7) is 4.10. The number of furan rings is 1. The van der Waals surface area contributed by atoms with Gasteiger partial charge >= 0.3 is 0 Å². The van der Waals surface area contributed by atoms with Crippen molar-refractivity contribution in [3.05, 3.63) is 52.4 Å². The van der Waals surface area contributed by atoms with Crippen LogP contribution in [0.25, 0.3) is 0 Å². The zero-order chi connectivity index (χ0) is 14.5. The number of carbonyl (C=O) groups excluding carboxylic acids is 1. The fourth-order valence-corrected chi connectivity index (χ4v) is 2.04. The maximum absolute atomic E-state index is 11.8. The SMILES string of the molecule is Cc1ccc(C(C)NCC(=O)Nc2ccc(Br)cc2)o1. The van der Waals surface area contributed by atoms with Crippen LogP contribution in [0.2, 0.25) is 0 Å². The van der Waals surface area contributed by atoms with Gasteiger partial charge in [-0.25, -0.2) is 0 Å². The number of hydrogen-bond donors (Lipinski definition) is 2. The van der Waals surface area contributed by atoms with Crippen LogP contribution in [0.1, 0.15) is 24.5 Å². The number of amides is 1. The first-order chi connectivity index (χ1) is 9.54. The fourth-order valence-electron chi connectivity index (χ4n) is 1.77. The molecule has 0 fully saturated rings. The molecule has 0 aliphatic rings. The summed E-state index contributed by atoms with van der Waals surface area (Å²) in [6, 6.07) is 11.3. The van der Waals surface area contributed by atoms with E-state index in [1.54, 1.807) is 0 Å². The van der Waals surface area contributed by atoms with Gasteiger partial charge in [-0.3, -0.25) is 10.1 Å². The number of benzene rings is 1. The van der Waals surface area contributed by atoms with Crippen molar-refractivity contribution in [2.24, 2.45) is 0 Å². The third kappa shape index (κ3) is 4.21. The molecule has 0 radical (unpaired) electrons. The highest BCUT2D eigenvalue weighted by Crippen LogP contribution is 2.16. The Morgan fingerprint density at radius 1 is 1.25 bits per heavy atom. The molecule has 0 bridgehead atoms. The quantitative estimate of drug-likeness (QED) is 0.876. The highest BCUT2D eigenvalue weighted by Gasteiger charge is 2.10. The highest BCUT2D eigenvalue weighted by atomic mass is 79.9. The van der Waals surface area contributed by atoms with Crippen molar-refractivity contribution in [2.75, 3.05) is 11.9 Å². The van der Waals surface area contributed by atoms with E-state index in [1.807, 2.05) is 50.2 Å². The molecule has 2 rings (SSSR count). The summed E-state index contributed by atoms with van der Waals surface area (Å²) < 4.78 is 6.49. The maximum Gasteiger partial charge on any atom is 0.238 e. The third-order valence-electron chi connectivity index (χ3n) is 2.88. The first-order valence-corrected chi connectivity index (χ1v) is 7.19. The molecule has 2 aromatic rings. The maximum atomic E-state index is 11.8. The summed E-state index contributed by atoms with van der Waals surface area (Å²) in [7, 11) is 0. The minimum absolute atomic E-state index is 0.000585. The Balaban J connectivity index is 1.81. The van der Waals surface area contributed by atoms with Crippen LogP contribution in [0.3, 0.4) is 0 Å². The van der Waals surface area contributed by atoms with Crippen LogP contribution >= 0.6 is 15.9 Å². The molecule has 1 aromatic carbocycles. The predicted molar refractivity (Wildman–Crippen MR) is 82.6 cm³/mol. The Kier molecular flexibility index (Phi) is 4.98. The lowest BCUT2D eigenvalue weighted by atomic mass is 10.2. The van der Waals surface area contributed by atoms with E-state index in [9.17, 15) is 4.79 Å². The molecular weight excluding hydrogens is 320 g/mol. The average molecular weight is 337 g/mol. The second-order valence-corrected chi connectivity index (χ2v) is 5.52. The Hall–Kier alpha value is -1.59. The molecule has 0 aliphatic carbocycles. The van der Waals surface area contributed by atoms with E-state index < -0.39 is 0 Å². The van der Waals surface area contributed by atoms with E-state index in [1.165, 1.54) is 0 Å². The lowest BCUT2D eigenvalue weighted by Crippen LogP contribution is -2.29. The molecule has 2 N–H and O–H groups in total. The molecule has 0 spiro atoms. The van der Waals surface area contributed by atoms with Crippen molar-refractivity contribution in [3.63, 3.8) is 0 Å². The molecule has 1 atom stereocenters. The second kappa shape index (κ2) is 6.72. The molecule has 1 unspecified atom stereocenters. The topological polar surface area (TPSA) is 54.3 Å². The van der Waals surface area contributed by atoms with E-state index in [2.05, 4.69) is 26.6 Å². The number of aryl methyl sites for hydroxylation is 1. The van der Waals surface area contributed by atoms with Gasteiger partial charge in [-0.1, -0.05) is 15.9 Å². The summed E-state index contributed by atoms with van der Waals surface area (Å²) in [5, 5.41) is 5.96. The summed E-state index contributed by atoms with van der Waals surface area (Å²) in [4.78, 5) is 11.8. The molecule has 4 nitrogen and oxygen atoms in total. The molecule has 1 aromatic heterocycles. The van der Waals surface area contributed by atoms with Gasteiger partial charge in [0.2, 0.25) is 5.91 Å². The molecule has 0 saturated carbocycles. The largest absolute Gasteiger partial charge is 0.465 e. The van der Waals surface area contributed by atoms with Gasteiger partial charge in [0.05, 0.1) is 12.6 Å². The molecule has 1 amide bonds. The van der Waals surface area contributed by atoms with E-state index in [-0.39, 0.29) is 18.5 Å². The number of anilines is 1. The summed E-state index contributed by atoms with van der Waals surface area (Å²) in [6.07, 6.45) is 0. The van der Waals surface area contributed by atoms with Gasteiger partial charge in [0.1, 0.15) is 11.5 Å². The molecule has 0 aliphatic heterocycles. The van der Waals surface area contributed by atoms with Crippen LogP contribution in [0.4, 0.5) is 5.69 Å². The second-order valence-electron chi connectivity index (χ2n) is 4.61. The predicted octanol–water partition coefficient (Wildman–Crippen LogP) is 3.64. The number of rotatable bonds is 5. The van der Waals surface area contributed by atoms with Gasteiger partial charge in [0, 0.05) is 10.2 Å². The van der Waals surface area contributed by atoms with Crippen LogP contribution < -0.4 is 10.6 Å². The third-order valence-corrected chi connectivity index (χ3v) is 3.41. The lowest BCUT2D eigenvalue weighted by molar-refractivity contribution is -0.115.